The maximum atomic E-state index is 12.0. The van der Waals surface area contributed by atoms with Gasteiger partial charge in [-0.25, -0.2) is 0 Å². The summed E-state index contributed by atoms with van der Waals surface area (Å²) in [6.07, 6.45) is 6.52. The fourth-order valence-electron chi connectivity index (χ4n) is 2.73. The second-order valence-electron chi connectivity index (χ2n) is 7.01. The summed E-state index contributed by atoms with van der Waals surface area (Å²) >= 11 is 0. The number of carbonyl (C=O) groups excluding carboxylic acids is 1. The van der Waals surface area contributed by atoms with Crippen molar-refractivity contribution < 1.29 is 14.3 Å². The second-order valence-corrected chi connectivity index (χ2v) is 7.01. The molecule has 0 saturated heterocycles. The van der Waals surface area contributed by atoms with Crippen molar-refractivity contribution in [3.63, 3.8) is 0 Å². The van der Waals surface area contributed by atoms with Crippen molar-refractivity contribution in [3.05, 3.63) is 0 Å². The van der Waals surface area contributed by atoms with E-state index in [2.05, 4.69) is 26.1 Å². The normalized spacial score (nSPS) is 19.3. The largest absolute Gasteiger partial charge is 0.468 e. The summed E-state index contributed by atoms with van der Waals surface area (Å²) in [5.41, 5.74) is -0.542. The van der Waals surface area contributed by atoms with Crippen LogP contribution in [0.5, 0.6) is 0 Å². The van der Waals surface area contributed by atoms with Crippen molar-refractivity contribution in [1.29, 1.82) is 0 Å². The van der Waals surface area contributed by atoms with Gasteiger partial charge in [-0.2, -0.15) is 0 Å². The van der Waals surface area contributed by atoms with Crippen LogP contribution in [0.15, 0.2) is 0 Å². The Bertz CT molecular complexity index is 315. The summed E-state index contributed by atoms with van der Waals surface area (Å²) in [5, 5.41) is 3.43. The van der Waals surface area contributed by atoms with E-state index in [0.717, 1.165) is 32.3 Å². The first kappa shape index (κ1) is 18.4. The van der Waals surface area contributed by atoms with Crippen LogP contribution in [0.1, 0.15) is 66.2 Å². The third-order valence-electron chi connectivity index (χ3n) is 4.01. The molecule has 124 valence electrons. The highest BCUT2D eigenvalue weighted by atomic mass is 16.5. The molecule has 0 amide bonds. The molecular formula is C17H33NO3. The van der Waals surface area contributed by atoms with Crippen molar-refractivity contribution in [3.8, 4) is 0 Å². The van der Waals surface area contributed by atoms with Gasteiger partial charge in [0.25, 0.3) is 0 Å². The van der Waals surface area contributed by atoms with E-state index in [1.54, 1.807) is 0 Å². The van der Waals surface area contributed by atoms with Gasteiger partial charge in [0, 0.05) is 12.6 Å². The zero-order valence-electron chi connectivity index (χ0n) is 14.4. The van der Waals surface area contributed by atoms with Crippen LogP contribution in [0.3, 0.4) is 0 Å². The predicted octanol–water partition coefficient (Wildman–Crippen LogP) is 3.29. The van der Waals surface area contributed by atoms with E-state index >= 15 is 0 Å². The number of esters is 1. The van der Waals surface area contributed by atoms with E-state index in [9.17, 15) is 4.79 Å². The quantitative estimate of drug-likeness (QED) is 0.470. The fourth-order valence-corrected chi connectivity index (χ4v) is 2.73. The first-order valence-corrected chi connectivity index (χ1v) is 8.35. The molecule has 0 radical (unpaired) electrons. The molecule has 4 heteroatoms. The van der Waals surface area contributed by atoms with E-state index in [0.29, 0.717) is 18.1 Å². The lowest BCUT2D eigenvalue weighted by atomic mass is 9.94. The molecule has 1 aliphatic carbocycles. The maximum absolute atomic E-state index is 12.0. The van der Waals surface area contributed by atoms with Gasteiger partial charge in [-0.1, -0.05) is 13.8 Å². The van der Waals surface area contributed by atoms with Crippen LogP contribution in [0.4, 0.5) is 0 Å². The molecule has 0 aromatic rings. The number of carbonyl (C=O) groups is 1. The summed E-state index contributed by atoms with van der Waals surface area (Å²) in [6, 6.07) is 0.497. The highest BCUT2D eigenvalue weighted by molar-refractivity contribution is 5.80. The summed E-state index contributed by atoms with van der Waals surface area (Å²) in [7, 11) is 1.46. The number of unbranched alkanes of at least 4 members (excludes halogenated alkanes) is 1. The molecule has 1 fully saturated rings. The third kappa shape index (κ3) is 7.28. The number of hydrogen-bond acceptors (Lipinski definition) is 4. The van der Waals surface area contributed by atoms with Gasteiger partial charge in [0.1, 0.15) is 5.54 Å². The molecule has 2 atom stereocenters. The molecule has 0 aliphatic heterocycles. The number of hydrogen-bond donors (Lipinski definition) is 1. The Morgan fingerprint density at radius 2 is 1.95 bits per heavy atom. The van der Waals surface area contributed by atoms with E-state index in [-0.39, 0.29) is 5.97 Å². The zero-order chi connectivity index (χ0) is 15.9. The lowest BCUT2D eigenvalue weighted by molar-refractivity contribution is -0.148. The Morgan fingerprint density at radius 3 is 2.48 bits per heavy atom. The van der Waals surface area contributed by atoms with Gasteiger partial charge < -0.3 is 9.47 Å². The van der Waals surface area contributed by atoms with Gasteiger partial charge in [-0.05, 0) is 58.3 Å². The minimum Gasteiger partial charge on any atom is -0.468 e. The summed E-state index contributed by atoms with van der Waals surface area (Å²) in [5.74, 6) is 0.522. The molecule has 1 rings (SSSR count). The SMILES string of the molecule is COC(=O)C(C)(CCCCOC(C)CC(C)C)NC1CC1. The number of ether oxygens (including phenoxy) is 2. The molecule has 0 bridgehead atoms. The van der Waals surface area contributed by atoms with Gasteiger partial charge in [-0.3, -0.25) is 10.1 Å². The van der Waals surface area contributed by atoms with Gasteiger partial charge in [0.2, 0.25) is 0 Å². The Hall–Kier alpha value is -0.610. The molecule has 0 aromatic heterocycles. The van der Waals surface area contributed by atoms with E-state index in [1.165, 1.54) is 20.0 Å². The monoisotopic (exact) mass is 299 g/mol. The Morgan fingerprint density at radius 1 is 1.29 bits per heavy atom. The van der Waals surface area contributed by atoms with Crippen LogP contribution in [0.2, 0.25) is 0 Å². The minimum absolute atomic E-state index is 0.150. The molecule has 1 saturated carbocycles. The average molecular weight is 299 g/mol. The first-order chi connectivity index (χ1) is 9.87. The summed E-state index contributed by atoms with van der Waals surface area (Å²) in [4.78, 5) is 12.0. The smallest absolute Gasteiger partial charge is 0.325 e. The molecule has 2 unspecified atom stereocenters. The molecule has 1 aliphatic rings. The van der Waals surface area contributed by atoms with Gasteiger partial charge >= 0.3 is 5.97 Å². The number of methoxy groups -OCH3 is 1. The second kappa shape index (κ2) is 8.74. The Balaban J connectivity index is 2.22. The molecule has 4 nitrogen and oxygen atoms in total. The van der Waals surface area contributed by atoms with Crippen LogP contribution in [0, 0.1) is 5.92 Å². The van der Waals surface area contributed by atoms with Crippen molar-refractivity contribution in [1.82, 2.24) is 5.32 Å². The molecule has 21 heavy (non-hydrogen) atoms. The van der Waals surface area contributed by atoms with Gasteiger partial charge in [0.05, 0.1) is 13.2 Å². The van der Waals surface area contributed by atoms with Crippen molar-refractivity contribution in [2.75, 3.05) is 13.7 Å². The molecule has 1 N–H and O–H groups in total. The highest BCUT2D eigenvalue weighted by Gasteiger charge is 2.38. The molecule has 0 spiro atoms. The average Bonchev–Trinajstić information content (AvgIpc) is 3.20. The summed E-state index contributed by atoms with van der Waals surface area (Å²) < 4.78 is 10.8. The van der Waals surface area contributed by atoms with Crippen molar-refractivity contribution >= 4 is 5.97 Å². The minimum atomic E-state index is -0.542. The standard InChI is InChI=1S/C17H33NO3/c1-13(2)12-14(3)21-11-7-6-10-17(4,16(19)20-5)18-15-8-9-15/h13-15,18H,6-12H2,1-5H3. The zero-order valence-corrected chi connectivity index (χ0v) is 14.4. The Labute approximate surface area is 130 Å². The first-order valence-electron chi connectivity index (χ1n) is 8.35. The van der Waals surface area contributed by atoms with Crippen LogP contribution in [-0.2, 0) is 14.3 Å². The van der Waals surface area contributed by atoms with E-state index < -0.39 is 5.54 Å². The number of nitrogens with one attached hydrogen (secondary N) is 1. The highest BCUT2D eigenvalue weighted by Crippen LogP contribution is 2.26. The van der Waals surface area contributed by atoms with Gasteiger partial charge in [0.15, 0.2) is 0 Å². The summed E-state index contributed by atoms with van der Waals surface area (Å²) in [6.45, 7) is 9.29. The van der Waals surface area contributed by atoms with Crippen LogP contribution in [-0.4, -0.2) is 37.4 Å². The lowest BCUT2D eigenvalue weighted by Crippen LogP contribution is -2.51. The molecule has 0 aromatic carbocycles. The topological polar surface area (TPSA) is 47.6 Å². The number of rotatable bonds is 11. The van der Waals surface area contributed by atoms with Gasteiger partial charge in [-0.15, -0.1) is 0 Å². The van der Waals surface area contributed by atoms with Crippen molar-refractivity contribution in [2.24, 2.45) is 5.92 Å². The predicted molar refractivity (Wildman–Crippen MR) is 85.3 cm³/mol. The Kier molecular flexibility index (Phi) is 7.67. The molecular weight excluding hydrogens is 266 g/mol. The lowest BCUT2D eigenvalue weighted by Gasteiger charge is -2.28. The fraction of sp³-hybridized carbons (Fsp3) is 0.941. The van der Waals surface area contributed by atoms with E-state index in [1.807, 2.05) is 6.92 Å². The van der Waals surface area contributed by atoms with Crippen LogP contribution < -0.4 is 5.32 Å². The molecule has 0 heterocycles. The maximum Gasteiger partial charge on any atom is 0.325 e. The van der Waals surface area contributed by atoms with Crippen LogP contribution >= 0.6 is 0 Å². The van der Waals surface area contributed by atoms with Crippen LogP contribution in [0.25, 0.3) is 0 Å². The third-order valence-corrected chi connectivity index (χ3v) is 4.01. The van der Waals surface area contributed by atoms with E-state index in [4.69, 9.17) is 9.47 Å². The van der Waals surface area contributed by atoms with Crippen molar-refractivity contribution in [2.45, 2.75) is 83.9 Å².